The Hall–Kier alpha value is -1.44. The summed E-state index contributed by atoms with van der Waals surface area (Å²) in [6.07, 6.45) is 1.44. The molecule has 1 amide bonds. The summed E-state index contributed by atoms with van der Waals surface area (Å²) in [5.41, 5.74) is 0.597. The third-order valence-corrected chi connectivity index (χ3v) is 5.09. The van der Waals surface area contributed by atoms with Crippen molar-refractivity contribution in [2.75, 3.05) is 18.5 Å². The van der Waals surface area contributed by atoms with Crippen LogP contribution in [0.2, 0.25) is 0 Å². The number of carbonyl (C=O) groups excluding carboxylic acids is 1. The van der Waals surface area contributed by atoms with Crippen LogP contribution in [0.3, 0.4) is 0 Å². The van der Waals surface area contributed by atoms with Crippen LogP contribution < -0.4 is 10.0 Å². The van der Waals surface area contributed by atoms with E-state index in [1.165, 1.54) is 12.1 Å². The summed E-state index contributed by atoms with van der Waals surface area (Å²) in [6.45, 7) is 4.74. The largest absolute Gasteiger partial charge is 0.381 e. The van der Waals surface area contributed by atoms with Crippen molar-refractivity contribution in [3.63, 3.8) is 0 Å². The lowest BCUT2D eigenvalue weighted by molar-refractivity contribution is -0.122. The average Bonchev–Trinajstić information content (AvgIpc) is 2.47. The van der Waals surface area contributed by atoms with Gasteiger partial charge in [-0.1, -0.05) is 0 Å². The predicted molar refractivity (Wildman–Crippen MR) is 84.1 cm³/mol. The molecule has 1 heterocycles. The average molecular weight is 326 g/mol. The standard InChI is InChI=1S/C15H22N2O4S/c1-11(2)17-22(19,20)14-5-3-13(4-6-14)16-15(18)12-7-9-21-10-8-12/h3-6,11-12,17H,7-10H2,1-2H3,(H,16,18). The van der Waals surface area contributed by atoms with Gasteiger partial charge in [-0.05, 0) is 51.0 Å². The highest BCUT2D eigenvalue weighted by atomic mass is 32.2. The third kappa shape index (κ3) is 4.53. The van der Waals surface area contributed by atoms with Crippen molar-refractivity contribution < 1.29 is 17.9 Å². The first-order valence-electron chi connectivity index (χ1n) is 7.39. The Morgan fingerprint density at radius 1 is 1.18 bits per heavy atom. The number of anilines is 1. The van der Waals surface area contributed by atoms with Crippen LogP contribution in [0.25, 0.3) is 0 Å². The second-order valence-corrected chi connectivity index (χ2v) is 7.39. The number of carbonyl (C=O) groups is 1. The Bertz CT molecular complexity index is 605. The Morgan fingerprint density at radius 3 is 2.32 bits per heavy atom. The Balaban J connectivity index is 2.01. The van der Waals surface area contributed by atoms with Gasteiger partial charge in [0.15, 0.2) is 0 Å². The van der Waals surface area contributed by atoms with Gasteiger partial charge in [0.05, 0.1) is 4.90 Å². The maximum Gasteiger partial charge on any atom is 0.240 e. The first-order chi connectivity index (χ1) is 10.4. The quantitative estimate of drug-likeness (QED) is 0.863. The molecule has 0 aromatic heterocycles. The summed E-state index contributed by atoms with van der Waals surface area (Å²) >= 11 is 0. The lowest BCUT2D eigenvalue weighted by atomic mass is 9.99. The highest BCUT2D eigenvalue weighted by molar-refractivity contribution is 7.89. The van der Waals surface area contributed by atoms with Crippen LogP contribution in [0.5, 0.6) is 0 Å². The maximum atomic E-state index is 12.1. The molecule has 0 atom stereocenters. The SMILES string of the molecule is CC(C)NS(=O)(=O)c1ccc(NC(=O)C2CCOCC2)cc1. The van der Waals surface area contributed by atoms with Gasteiger partial charge in [0.2, 0.25) is 15.9 Å². The zero-order valence-corrected chi connectivity index (χ0v) is 13.7. The second-order valence-electron chi connectivity index (χ2n) is 5.68. The third-order valence-electron chi connectivity index (χ3n) is 3.42. The van der Waals surface area contributed by atoms with E-state index in [2.05, 4.69) is 10.0 Å². The van der Waals surface area contributed by atoms with E-state index in [-0.39, 0.29) is 22.8 Å². The van der Waals surface area contributed by atoms with Gasteiger partial charge < -0.3 is 10.1 Å². The van der Waals surface area contributed by atoms with E-state index < -0.39 is 10.0 Å². The zero-order valence-electron chi connectivity index (χ0n) is 12.8. The normalized spacial score (nSPS) is 16.7. The lowest BCUT2D eigenvalue weighted by Crippen LogP contribution is -2.30. The fourth-order valence-electron chi connectivity index (χ4n) is 2.30. The summed E-state index contributed by atoms with van der Waals surface area (Å²) in [5, 5.41) is 2.82. The lowest BCUT2D eigenvalue weighted by Gasteiger charge is -2.21. The number of hydrogen-bond donors (Lipinski definition) is 2. The van der Waals surface area contributed by atoms with Crippen LogP contribution in [-0.4, -0.2) is 33.6 Å². The van der Waals surface area contributed by atoms with Gasteiger partial charge in [-0.15, -0.1) is 0 Å². The van der Waals surface area contributed by atoms with Gasteiger partial charge >= 0.3 is 0 Å². The number of sulfonamides is 1. The fraction of sp³-hybridized carbons (Fsp3) is 0.533. The second kappa shape index (κ2) is 7.21. The molecular weight excluding hydrogens is 304 g/mol. The van der Waals surface area contributed by atoms with Gasteiger partial charge in [-0.25, -0.2) is 13.1 Å². The number of rotatable bonds is 5. The van der Waals surface area contributed by atoms with E-state index in [1.54, 1.807) is 26.0 Å². The fourth-order valence-corrected chi connectivity index (χ4v) is 3.55. The molecular formula is C15H22N2O4S. The Kier molecular flexibility index (Phi) is 5.55. The maximum absolute atomic E-state index is 12.1. The van der Waals surface area contributed by atoms with Crippen LogP contribution in [-0.2, 0) is 19.6 Å². The van der Waals surface area contributed by atoms with E-state index in [0.717, 1.165) is 12.8 Å². The smallest absolute Gasteiger partial charge is 0.240 e. The molecule has 0 saturated carbocycles. The van der Waals surface area contributed by atoms with Crippen molar-refractivity contribution in [1.82, 2.24) is 4.72 Å². The minimum atomic E-state index is -3.50. The van der Waals surface area contributed by atoms with Gasteiger partial charge in [-0.3, -0.25) is 4.79 Å². The molecule has 0 spiro atoms. The van der Waals surface area contributed by atoms with Crippen LogP contribution in [0.15, 0.2) is 29.2 Å². The van der Waals surface area contributed by atoms with E-state index >= 15 is 0 Å². The number of hydrogen-bond acceptors (Lipinski definition) is 4. The van der Waals surface area contributed by atoms with Crippen molar-refractivity contribution in [1.29, 1.82) is 0 Å². The minimum Gasteiger partial charge on any atom is -0.381 e. The van der Waals surface area contributed by atoms with Gasteiger partial charge in [0.25, 0.3) is 0 Å². The molecule has 22 heavy (non-hydrogen) atoms. The first-order valence-corrected chi connectivity index (χ1v) is 8.88. The first kappa shape index (κ1) is 16.9. The number of benzene rings is 1. The molecule has 6 nitrogen and oxygen atoms in total. The molecule has 0 bridgehead atoms. The topological polar surface area (TPSA) is 84.5 Å². The van der Waals surface area contributed by atoms with Crippen molar-refractivity contribution in [2.45, 2.75) is 37.6 Å². The predicted octanol–water partition coefficient (Wildman–Crippen LogP) is 1.74. The van der Waals surface area contributed by atoms with E-state index in [0.29, 0.717) is 18.9 Å². The molecule has 122 valence electrons. The Morgan fingerprint density at radius 2 is 1.77 bits per heavy atom. The molecule has 1 fully saturated rings. The van der Waals surface area contributed by atoms with Crippen LogP contribution >= 0.6 is 0 Å². The number of nitrogens with one attached hydrogen (secondary N) is 2. The number of amides is 1. The highest BCUT2D eigenvalue weighted by Crippen LogP contribution is 2.19. The molecule has 1 aliphatic rings. The van der Waals surface area contributed by atoms with Crippen molar-refractivity contribution >= 4 is 21.6 Å². The zero-order chi connectivity index (χ0) is 16.2. The van der Waals surface area contributed by atoms with E-state index in [1.807, 2.05) is 0 Å². The van der Waals surface area contributed by atoms with Crippen LogP contribution in [0.4, 0.5) is 5.69 Å². The molecule has 0 unspecified atom stereocenters. The van der Waals surface area contributed by atoms with E-state index in [4.69, 9.17) is 4.74 Å². The monoisotopic (exact) mass is 326 g/mol. The minimum absolute atomic E-state index is 0.0419. The summed E-state index contributed by atoms with van der Waals surface area (Å²) in [4.78, 5) is 12.3. The molecule has 1 aromatic rings. The van der Waals surface area contributed by atoms with E-state index in [9.17, 15) is 13.2 Å². The molecule has 2 rings (SSSR count). The summed E-state index contributed by atoms with van der Waals surface area (Å²) < 4.78 is 31.8. The summed E-state index contributed by atoms with van der Waals surface area (Å²) in [7, 11) is -3.50. The van der Waals surface area contributed by atoms with Crippen LogP contribution in [0, 0.1) is 5.92 Å². The van der Waals surface area contributed by atoms with Gasteiger partial charge in [0.1, 0.15) is 0 Å². The van der Waals surface area contributed by atoms with Crippen molar-refractivity contribution in [3.05, 3.63) is 24.3 Å². The van der Waals surface area contributed by atoms with Gasteiger partial charge in [0, 0.05) is 30.9 Å². The molecule has 1 saturated heterocycles. The molecule has 0 radical (unpaired) electrons. The molecule has 7 heteroatoms. The summed E-state index contributed by atoms with van der Waals surface area (Å²) in [5.74, 6) is -0.0843. The highest BCUT2D eigenvalue weighted by Gasteiger charge is 2.22. The van der Waals surface area contributed by atoms with Gasteiger partial charge in [-0.2, -0.15) is 0 Å². The molecule has 1 aliphatic heterocycles. The molecule has 1 aromatic carbocycles. The Labute approximate surface area is 131 Å². The van der Waals surface area contributed by atoms with Crippen molar-refractivity contribution in [3.8, 4) is 0 Å². The van der Waals surface area contributed by atoms with Crippen LogP contribution in [0.1, 0.15) is 26.7 Å². The molecule has 2 N–H and O–H groups in total. The summed E-state index contributed by atoms with van der Waals surface area (Å²) in [6, 6.07) is 6.02. The molecule has 0 aliphatic carbocycles. The number of ether oxygens (including phenoxy) is 1. The van der Waals surface area contributed by atoms with Crippen molar-refractivity contribution in [2.24, 2.45) is 5.92 Å².